The first-order chi connectivity index (χ1) is 16.0. The van der Waals surface area contributed by atoms with Gasteiger partial charge in [-0.05, 0) is 61.0 Å². The average molecular weight is 445 g/mol. The van der Waals surface area contributed by atoms with Gasteiger partial charge in [0.15, 0.2) is 0 Å². The second-order valence-electron chi connectivity index (χ2n) is 6.96. The standard InChI is InChI=1S/C24H20FN5O3/c1-4-23(31)30(19-9-7-18(25)8-10-19)24-28-27-22(33-24)12-6-17-5-11-20(21(13-17)32-3)29-14-16(2)26-15-29/h4-15H,1H2,2-3H3. The van der Waals surface area contributed by atoms with Crippen LogP contribution in [0.4, 0.5) is 16.1 Å². The van der Waals surface area contributed by atoms with Crippen molar-refractivity contribution in [1.82, 2.24) is 19.7 Å². The molecule has 0 radical (unpaired) electrons. The van der Waals surface area contributed by atoms with Gasteiger partial charge in [0.1, 0.15) is 11.6 Å². The molecule has 0 spiro atoms. The normalized spacial score (nSPS) is 11.0. The van der Waals surface area contributed by atoms with Gasteiger partial charge >= 0.3 is 6.01 Å². The van der Waals surface area contributed by atoms with Crippen molar-refractivity contribution in [2.45, 2.75) is 6.92 Å². The molecule has 166 valence electrons. The van der Waals surface area contributed by atoms with Crippen LogP contribution in [-0.2, 0) is 4.79 Å². The minimum Gasteiger partial charge on any atom is -0.495 e. The molecule has 8 nitrogen and oxygen atoms in total. The van der Waals surface area contributed by atoms with Crippen molar-refractivity contribution in [2.75, 3.05) is 12.0 Å². The van der Waals surface area contributed by atoms with Gasteiger partial charge in [0.05, 0.1) is 30.5 Å². The van der Waals surface area contributed by atoms with Gasteiger partial charge in [0.2, 0.25) is 5.89 Å². The Balaban J connectivity index is 1.58. The molecule has 0 N–H and O–H groups in total. The molecule has 2 aromatic heterocycles. The Morgan fingerprint density at radius 3 is 2.64 bits per heavy atom. The summed E-state index contributed by atoms with van der Waals surface area (Å²) < 4.78 is 26.3. The molecule has 2 aromatic carbocycles. The summed E-state index contributed by atoms with van der Waals surface area (Å²) in [6.07, 6.45) is 8.14. The van der Waals surface area contributed by atoms with Crippen LogP contribution in [0.25, 0.3) is 17.8 Å². The van der Waals surface area contributed by atoms with Gasteiger partial charge in [-0.2, -0.15) is 0 Å². The van der Waals surface area contributed by atoms with E-state index in [-0.39, 0.29) is 11.9 Å². The lowest BCUT2D eigenvalue weighted by molar-refractivity contribution is -0.113. The lowest BCUT2D eigenvalue weighted by atomic mass is 10.1. The fourth-order valence-electron chi connectivity index (χ4n) is 3.13. The number of halogens is 1. The van der Waals surface area contributed by atoms with Crippen molar-refractivity contribution in [3.63, 3.8) is 0 Å². The fraction of sp³-hybridized carbons (Fsp3) is 0.0833. The summed E-state index contributed by atoms with van der Waals surface area (Å²) in [5, 5.41) is 7.92. The third-order valence-corrected chi connectivity index (χ3v) is 4.71. The van der Waals surface area contributed by atoms with Gasteiger partial charge in [-0.15, -0.1) is 5.10 Å². The van der Waals surface area contributed by atoms with E-state index in [1.807, 2.05) is 35.9 Å². The molecule has 33 heavy (non-hydrogen) atoms. The molecule has 0 saturated heterocycles. The van der Waals surface area contributed by atoms with Crippen molar-refractivity contribution in [3.8, 4) is 11.4 Å². The van der Waals surface area contributed by atoms with Crippen LogP contribution in [0.5, 0.6) is 5.75 Å². The van der Waals surface area contributed by atoms with Crippen molar-refractivity contribution in [1.29, 1.82) is 0 Å². The first kappa shape index (κ1) is 21.7. The van der Waals surface area contributed by atoms with Gasteiger partial charge < -0.3 is 13.7 Å². The topological polar surface area (TPSA) is 86.3 Å². The summed E-state index contributed by atoms with van der Waals surface area (Å²) in [6, 6.07) is 11.0. The van der Waals surface area contributed by atoms with Gasteiger partial charge in [0, 0.05) is 12.3 Å². The van der Waals surface area contributed by atoms with E-state index in [1.54, 1.807) is 25.6 Å². The molecule has 4 aromatic rings. The Kier molecular flexibility index (Phi) is 6.12. The zero-order valence-corrected chi connectivity index (χ0v) is 18.0. The number of carbonyl (C=O) groups is 1. The molecule has 0 aliphatic heterocycles. The average Bonchev–Trinajstić information content (AvgIpc) is 3.48. The molecular weight excluding hydrogens is 425 g/mol. The molecule has 1 amide bonds. The largest absolute Gasteiger partial charge is 0.495 e. The summed E-state index contributed by atoms with van der Waals surface area (Å²) in [4.78, 5) is 17.8. The zero-order chi connectivity index (χ0) is 23.4. The Labute approximate surface area is 189 Å². The molecule has 0 bridgehead atoms. The predicted molar refractivity (Wildman–Crippen MR) is 122 cm³/mol. The summed E-state index contributed by atoms with van der Waals surface area (Å²) in [7, 11) is 1.60. The molecule has 2 heterocycles. The number of amides is 1. The highest BCUT2D eigenvalue weighted by molar-refractivity contribution is 6.05. The van der Waals surface area contributed by atoms with Crippen LogP contribution in [-0.4, -0.2) is 32.8 Å². The quantitative estimate of drug-likeness (QED) is 0.382. The van der Waals surface area contributed by atoms with Gasteiger partial charge in [0.25, 0.3) is 5.91 Å². The summed E-state index contributed by atoms with van der Waals surface area (Å²) >= 11 is 0. The second kappa shape index (κ2) is 9.31. The zero-order valence-electron chi connectivity index (χ0n) is 18.0. The van der Waals surface area contributed by atoms with E-state index in [0.29, 0.717) is 11.4 Å². The van der Waals surface area contributed by atoms with Crippen LogP contribution >= 0.6 is 0 Å². The number of aryl methyl sites for hydroxylation is 1. The number of imidazole rings is 1. The molecule has 4 rings (SSSR count). The predicted octanol–water partition coefficient (Wildman–Crippen LogP) is 4.73. The number of hydrogen-bond donors (Lipinski definition) is 0. The molecule has 0 fully saturated rings. The lowest BCUT2D eigenvalue weighted by Gasteiger charge is -2.16. The smallest absolute Gasteiger partial charge is 0.330 e. The van der Waals surface area contributed by atoms with Crippen LogP contribution < -0.4 is 9.64 Å². The van der Waals surface area contributed by atoms with Crippen molar-refractivity contribution in [2.24, 2.45) is 0 Å². The molecule has 0 aliphatic carbocycles. The monoisotopic (exact) mass is 445 g/mol. The van der Waals surface area contributed by atoms with Crippen molar-refractivity contribution >= 4 is 29.8 Å². The van der Waals surface area contributed by atoms with E-state index >= 15 is 0 Å². The summed E-state index contributed by atoms with van der Waals surface area (Å²) in [5.41, 5.74) is 2.96. The minimum absolute atomic E-state index is 0.0606. The number of methoxy groups -OCH3 is 1. The number of benzene rings is 2. The number of carbonyl (C=O) groups excluding carboxylic acids is 1. The molecule has 0 atom stereocenters. The van der Waals surface area contributed by atoms with Crippen LogP contribution in [0.15, 0.2) is 72.1 Å². The molecule has 0 saturated carbocycles. The van der Waals surface area contributed by atoms with Gasteiger partial charge in [-0.1, -0.05) is 17.7 Å². The lowest BCUT2D eigenvalue weighted by Crippen LogP contribution is -2.23. The number of rotatable bonds is 7. The number of ether oxygens (including phenoxy) is 1. The van der Waals surface area contributed by atoms with E-state index in [0.717, 1.165) is 27.9 Å². The first-order valence-corrected chi connectivity index (χ1v) is 9.91. The highest BCUT2D eigenvalue weighted by atomic mass is 19.1. The van der Waals surface area contributed by atoms with E-state index in [1.165, 1.54) is 24.3 Å². The van der Waals surface area contributed by atoms with Crippen LogP contribution in [0.1, 0.15) is 17.1 Å². The minimum atomic E-state index is -0.490. The highest BCUT2D eigenvalue weighted by Gasteiger charge is 2.21. The van der Waals surface area contributed by atoms with Crippen LogP contribution in [0, 0.1) is 12.7 Å². The second-order valence-corrected chi connectivity index (χ2v) is 6.96. The Morgan fingerprint density at radius 1 is 1.18 bits per heavy atom. The Hall–Kier alpha value is -4.53. The third kappa shape index (κ3) is 4.72. The van der Waals surface area contributed by atoms with Gasteiger partial charge in [-0.25, -0.2) is 14.3 Å². The van der Waals surface area contributed by atoms with Crippen molar-refractivity contribution in [3.05, 3.63) is 90.6 Å². The van der Waals surface area contributed by atoms with E-state index in [9.17, 15) is 9.18 Å². The highest BCUT2D eigenvalue weighted by Crippen LogP contribution is 2.27. The Morgan fingerprint density at radius 2 is 1.97 bits per heavy atom. The van der Waals surface area contributed by atoms with E-state index in [2.05, 4.69) is 21.8 Å². The fourth-order valence-corrected chi connectivity index (χ4v) is 3.13. The number of anilines is 2. The molecule has 9 heteroatoms. The van der Waals surface area contributed by atoms with Crippen molar-refractivity contribution < 1.29 is 18.3 Å². The maximum atomic E-state index is 13.3. The van der Waals surface area contributed by atoms with E-state index < -0.39 is 11.7 Å². The Bertz CT molecular complexity index is 1320. The summed E-state index contributed by atoms with van der Waals surface area (Å²) in [5.74, 6) is -0.0681. The third-order valence-electron chi connectivity index (χ3n) is 4.71. The van der Waals surface area contributed by atoms with Crippen LogP contribution in [0.2, 0.25) is 0 Å². The molecule has 0 aliphatic rings. The molecular formula is C24H20FN5O3. The maximum Gasteiger partial charge on any atom is 0.330 e. The van der Waals surface area contributed by atoms with E-state index in [4.69, 9.17) is 9.15 Å². The van der Waals surface area contributed by atoms with Gasteiger partial charge in [-0.3, -0.25) is 4.79 Å². The SMILES string of the molecule is C=CC(=O)N(c1ccc(F)cc1)c1nnc(C=Cc2ccc(-n3cnc(C)c3)c(OC)c2)o1. The number of nitrogens with zero attached hydrogens (tertiary/aromatic N) is 5. The molecule has 0 unspecified atom stereocenters. The van der Waals surface area contributed by atoms with Crippen LogP contribution in [0.3, 0.4) is 0 Å². The number of hydrogen-bond acceptors (Lipinski definition) is 6. The number of aromatic nitrogens is 4. The first-order valence-electron chi connectivity index (χ1n) is 9.91. The maximum absolute atomic E-state index is 13.3. The summed E-state index contributed by atoms with van der Waals surface area (Å²) in [6.45, 7) is 5.41.